The number of hydrogen-bond acceptors (Lipinski definition) is 4. The summed E-state index contributed by atoms with van der Waals surface area (Å²) in [5.41, 5.74) is 1.83. The lowest BCUT2D eigenvalue weighted by Crippen LogP contribution is -2.40. The summed E-state index contributed by atoms with van der Waals surface area (Å²) in [4.78, 5) is 33.6. The van der Waals surface area contributed by atoms with Crippen molar-refractivity contribution in [3.63, 3.8) is 0 Å². The molecule has 3 atom stereocenters. The summed E-state index contributed by atoms with van der Waals surface area (Å²) < 4.78 is 0. The van der Waals surface area contributed by atoms with E-state index in [9.17, 15) is 9.59 Å². The van der Waals surface area contributed by atoms with E-state index in [4.69, 9.17) is 4.84 Å². The highest BCUT2D eigenvalue weighted by molar-refractivity contribution is 6.07. The Morgan fingerprint density at radius 1 is 0.926 bits per heavy atom. The molecule has 0 bridgehead atoms. The van der Waals surface area contributed by atoms with Gasteiger partial charge in [-0.25, -0.2) is 5.06 Å². The maximum Gasteiger partial charge on any atom is 0.262 e. The first-order valence-corrected chi connectivity index (χ1v) is 9.46. The molecule has 0 N–H and O–H groups in total. The minimum absolute atomic E-state index is 0.127. The standard InChI is InChI=1S/C22H24N2O3/c1-15(2)13-18-19-20(27-24(18)17-11-7-4-8-12-17)22(26)23(21(19)25)14-16-9-5-3-6-10-16/h3-12,15,18-20H,13-14H2,1-2H3/t18-,19+,20-/m1/s1. The van der Waals surface area contributed by atoms with Crippen LogP contribution in [0.1, 0.15) is 25.8 Å². The normalized spacial score (nSPS) is 24.8. The van der Waals surface area contributed by atoms with Crippen LogP contribution in [0.25, 0.3) is 0 Å². The molecular formula is C22H24N2O3. The second-order valence-electron chi connectivity index (χ2n) is 7.66. The highest BCUT2D eigenvalue weighted by Gasteiger charge is 2.59. The number of hydroxylamine groups is 1. The van der Waals surface area contributed by atoms with Gasteiger partial charge >= 0.3 is 0 Å². The number of likely N-dealkylation sites (tertiary alicyclic amines) is 1. The van der Waals surface area contributed by atoms with Crippen molar-refractivity contribution in [1.82, 2.24) is 4.90 Å². The third-order valence-electron chi connectivity index (χ3n) is 5.24. The van der Waals surface area contributed by atoms with Crippen molar-refractivity contribution in [1.29, 1.82) is 0 Å². The van der Waals surface area contributed by atoms with Crippen LogP contribution in [0.2, 0.25) is 0 Å². The van der Waals surface area contributed by atoms with Gasteiger partial charge in [0.1, 0.15) is 0 Å². The molecule has 0 spiro atoms. The molecule has 0 saturated carbocycles. The van der Waals surface area contributed by atoms with Gasteiger partial charge in [0.25, 0.3) is 5.91 Å². The largest absolute Gasteiger partial charge is 0.275 e. The van der Waals surface area contributed by atoms with Crippen LogP contribution in [0.3, 0.4) is 0 Å². The van der Waals surface area contributed by atoms with Crippen LogP contribution in [0.15, 0.2) is 60.7 Å². The zero-order valence-corrected chi connectivity index (χ0v) is 15.6. The minimum Gasteiger partial charge on any atom is -0.275 e. The third kappa shape index (κ3) is 3.23. The van der Waals surface area contributed by atoms with E-state index in [1.807, 2.05) is 60.7 Å². The van der Waals surface area contributed by atoms with Crippen molar-refractivity contribution in [2.75, 3.05) is 5.06 Å². The second kappa shape index (κ2) is 7.16. The van der Waals surface area contributed by atoms with Crippen LogP contribution in [-0.2, 0) is 21.0 Å². The number of amides is 2. The van der Waals surface area contributed by atoms with E-state index >= 15 is 0 Å². The molecule has 2 aliphatic heterocycles. The summed E-state index contributed by atoms with van der Waals surface area (Å²) in [6.07, 6.45) is 0.0546. The lowest BCUT2D eigenvalue weighted by atomic mass is 9.90. The molecule has 0 aromatic heterocycles. The summed E-state index contributed by atoms with van der Waals surface area (Å²) >= 11 is 0. The van der Waals surface area contributed by atoms with Gasteiger partial charge in [-0.15, -0.1) is 0 Å². The van der Waals surface area contributed by atoms with E-state index in [2.05, 4.69) is 13.8 Å². The molecule has 0 unspecified atom stereocenters. The van der Waals surface area contributed by atoms with E-state index in [1.54, 1.807) is 5.06 Å². The quantitative estimate of drug-likeness (QED) is 0.763. The number of benzene rings is 2. The Hall–Kier alpha value is -2.66. The van der Waals surface area contributed by atoms with Gasteiger partial charge in [0.2, 0.25) is 5.91 Å². The molecule has 4 rings (SSSR count). The molecule has 2 amide bonds. The number of imide groups is 1. The Morgan fingerprint density at radius 3 is 2.19 bits per heavy atom. The maximum atomic E-state index is 13.2. The molecule has 2 saturated heterocycles. The molecule has 2 fully saturated rings. The predicted molar refractivity (Wildman–Crippen MR) is 103 cm³/mol. The fourth-order valence-electron chi connectivity index (χ4n) is 4.02. The van der Waals surface area contributed by atoms with Gasteiger partial charge in [-0.05, 0) is 30.0 Å². The average Bonchev–Trinajstić information content (AvgIpc) is 3.15. The molecule has 2 aliphatic rings. The van der Waals surface area contributed by atoms with Crippen molar-refractivity contribution in [3.8, 4) is 0 Å². The van der Waals surface area contributed by atoms with Crippen molar-refractivity contribution in [2.45, 2.75) is 39.0 Å². The fourth-order valence-corrected chi connectivity index (χ4v) is 4.02. The van der Waals surface area contributed by atoms with E-state index in [0.717, 1.165) is 17.7 Å². The first kappa shape index (κ1) is 17.7. The van der Waals surface area contributed by atoms with Gasteiger partial charge in [0.05, 0.1) is 24.2 Å². The number of carbonyl (C=O) groups is 2. The SMILES string of the molecule is CC(C)C[C@@H]1[C@@H]2C(=O)N(Cc3ccccc3)C(=O)[C@@H]2ON1c1ccccc1. The second-order valence-corrected chi connectivity index (χ2v) is 7.66. The third-order valence-corrected chi connectivity index (χ3v) is 5.24. The number of fused-ring (bicyclic) bond motifs is 1. The Kier molecular flexibility index (Phi) is 4.70. The lowest BCUT2D eigenvalue weighted by molar-refractivity contribution is -0.143. The fraction of sp³-hybridized carbons (Fsp3) is 0.364. The van der Waals surface area contributed by atoms with E-state index < -0.39 is 12.0 Å². The van der Waals surface area contributed by atoms with Crippen molar-refractivity contribution in [3.05, 3.63) is 66.2 Å². The van der Waals surface area contributed by atoms with Crippen LogP contribution < -0.4 is 5.06 Å². The minimum atomic E-state index is -0.731. The van der Waals surface area contributed by atoms with Crippen molar-refractivity contribution < 1.29 is 14.4 Å². The number of rotatable bonds is 5. The maximum absolute atomic E-state index is 13.2. The Balaban J connectivity index is 1.62. The van der Waals surface area contributed by atoms with Gasteiger partial charge < -0.3 is 0 Å². The summed E-state index contributed by atoms with van der Waals surface area (Å²) in [5, 5.41) is 1.78. The first-order chi connectivity index (χ1) is 13.1. The van der Waals surface area contributed by atoms with Gasteiger partial charge in [0.15, 0.2) is 6.10 Å². The van der Waals surface area contributed by atoms with E-state index in [1.165, 1.54) is 4.90 Å². The molecule has 2 aromatic rings. The van der Waals surface area contributed by atoms with Gasteiger partial charge in [-0.1, -0.05) is 62.4 Å². The van der Waals surface area contributed by atoms with Crippen LogP contribution in [0.5, 0.6) is 0 Å². The van der Waals surface area contributed by atoms with Gasteiger partial charge in [-0.2, -0.15) is 0 Å². The number of carbonyl (C=O) groups excluding carboxylic acids is 2. The van der Waals surface area contributed by atoms with Gasteiger partial charge in [0, 0.05) is 0 Å². The highest BCUT2D eigenvalue weighted by atomic mass is 16.7. The van der Waals surface area contributed by atoms with Crippen LogP contribution >= 0.6 is 0 Å². The monoisotopic (exact) mass is 364 g/mol. The topological polar surface area (TPSA) is 49.9 Å². The summed E-state index contributed by atoms with van der Waals surface area (Å²) in [6.45, 7) is 4.55. The number of nitrogens with zero attached hydrogens (tertiary/aromatic N) is 2. The van der Waals surface area contributed by atoms with Crippen LogP contribution in [-0.4, -0.2) is 28.9 Å². The summed E-state index contributed by atoms with van der Waals surface area (Å²) in [6, 6.07) is 19.2. The molecule has 5 nitrogen and oxygen atoms in total. The molecule has 2 aromatic carbocycles. The molecule has 2 heterocycles. The van der Waals surface area contributed by atoms with E-state index in [-0.39, 0.29) is 17.9 Å². The van der Waals surface area contributed by atoms with E-state index in [0.29, 0.717) is 12.5 Å². The van der Waals surface area contributed by atoms with Gasteiger partial charge in [-0.3, -0.25) is 19.3 Å². The molecule has 140 valence electrons. The Morgan fingerprint density at radius 2 is 1.56 bits per heavy atom. The predicted octanol–water partition coefficient (Wildman–Crippen LogP) is 3.41. The lowest BCUT2D eigenvalue weighted by Gasteiger charge is -2.29. The zero-order chi connectivity index (χ0) is 19.0. The van der Waals surface area contributed by atoms with Crippen molar-refractivity contribution in [2.24, 2.45) is 11.8 Å². The number of hydrogen-bond donors (Lipinski definition) is 0. The molecular weight excluding hydrogens is 340 g/mol. The van der Waals surface area contributed by atoms with Crippen molar-refractivity contribution >= 4 is 17.5 Å². The van der Waals surface area contributed by atoms with Crippen LogP contribution in [0, 0.1) is 11.8 Å². The van der Waals surface area contributed by atoms with Crippen LogP contribution in [0.4, 0.5) is 5.69 Å². The Bertz CT molecular complexity index is 822. The highest BCUT2D eigenvalue weighted by Crippen LogP contribution is 2.41. The average molecular weight is 364 g/mol. The molecule has 27 heavy (non-hydrogen) atoms. The number of anilines is 1. The summed E-state index contributed by atoms with van der Waals surface area (Å²) in [5.74, 6) is -0.433. The Labute approximate surface area is 159 Å². The zero-order valence-electron chi connectivity index (χ0n) is 15.6. The molecule has 0 aliphatic carbocycles. The number of para-hydroxylation sites is 1. The molecule has 0 radical (unpaired) electrons. The first-order valence-electron chi connectivity index (χ1n) is 9.46. The smallest absolute Gasteiger partial charge is 0.262 e. The molecule has 5 heteroatoms. The summed E-state index contributed by atoms with van der Waals surface area (Å²) in [7, 11) is 0.